The highest BCUT2D eigenvalue weighted by Crippen LogP contribution is 2.36. The van der Waals surface area contributed by atoms with E-state index in [1.165, 1.54) is 12.4 Å². The van der Waals surface area contributed by atoms with E-state index in [2.05, 4.69) is 25.7 Å². The van der Waals surface area contributed by atoms with Crippen LogP contribution in [0.15, 0.2) is 60.0 Å². The highest BCUT2D eigenvalue weighted by Gasteiger charge is 2.33. The van der Waals surface area contributed by atoms with Crippen molar-refractivity contribution in [1.29, 1.82) is 0 Å². The van der Waals surface area contributed by atoms with Gasteiger partial charge in [-0.25, -0.2) is 14.8 Å². The average Bonchev–Trinajstić information content (AvgIpc) is 3.21. The maximum atomic E-state index is 13.0. The fraction of sp³-hybridized carbons (Fsp3) is 0.182. The van der Waals surface area contributed by atoms with Crippen molar-refractivity contribution in [2.45, 2.75) is 12.6 Å². The minimum atomic E-state index is -4.64. The Bertz CT molecular complexity index is 1250. The quantitative estimate of drug-likeness (QED) is 0.484. The number of nitrogens with zero attached hydrogens (tertiary/aromatic N) is 4. The second-order valence-electron chi connectivity index (χ2n) is 7.32. The molecule has 2 N–H and O–H groups in total. The Morgan fingerprint density at radius 2 is 1.85 bits per heavy atom. The SMILES string of the molecule is CN1CCC(c2cc(Oc3cccc(NC(=O)Nc4ccc(Cl)c(C(F)(F)F)c4)c3)ncn2)=N1. The van der Waals surface area contributed by atoms with Crippen LogP contribution in [0.2, 0.25) is 5.02 Å². The molecule has 4 rings (SSSR count). The number of hydrogen-bond acceptors (Lipinski definition) is 6. The summed E-state index contributed by atoms with van der Waals surface area (Å²) in [5.74, 6) is 0.684. The number of benzene rings is 2. The highest BCUT2D eigenvalue weighted by atomic mass is 35.5. The first-order valence-corrected chi connectivity index (χ1v) is 10.4. The van der Waals surface area contributed by atoms with Crippen LogP contribution in [-0.2, 0) is 6.18 Å². The van der Waals surface area contributed by atoms with Crippen molar-refractivity contribution in [3.63, 3.8) is 0 Å². The molecule has 0 saturated carbocycles. The Morgan fingerprint density at radius 1 is 1.09 bits per heavy atom. The fourth-order valence-corrected chi connectivity index (χ4v) is 3.40. The Balaban J connectivity index is 1.42. The maximum absolute atomic E-state index is 13.0. The first-order chi connectivity index (χ1) is 16.2. The predicted molar refractivity (Wildman–Crippen MR) is 121 cm³/mol. The molecule has 0 atom stereocenters. The molecule has 0 bridgehead atoms. The number of aromatic nitrogens is 2. The zero-order chi connectivity index (χ0) is 24.3. The van der Waals surface area contributed by atoms with Gasteiger partial charge < -0.3 is 15.4 Å². The smallest absolute Gasteiger partial charge is 0.417 e. The van der Waals surface area contributed by atoms with Crippen molar-refractivity contribution in [3.05, 3.63) is 71.1 Å². The molecule has 3 aromatic rings. The van der Waals surface area contributed by atoms with Crippen LogP contribution in [-0.4, -0.2) is 40.3 Å². The minimum absolute atomic E-state index is 0.0596. The molecule has 176 valence electrons. The lowest BCUT2D eigenvalue weighted by Gasteiger charge is -2.13. The van der Waals surface area contributed by atoms with E-state index in [9.17, 15) is 18.0 Å². The number of nitrogens with one attached hydrogen (secondary N) is 2. The minimum Gasteiger partial charge on any atom is -0.439 e. The van der Waals surface area contributed by atoms with Crippen molar-refractivity contribution in [1.82, 2.24) is 15.0 Å². The van der Waals surface area contributed by atoms with Gasteiger partial charge in [0.1, 0.15) is 12.1 Å². The number of hydrazone groups is 1. The van der Waals surface area contributed by atoms with Gasteiger partial charge in [-0.2, -0.15) is 18.3 Å². The van der Waals surface area contributed by atoms with E-state index in [4.69, 9.17) is 16.3 Å². The Labute approximate surface area is 197 Å². The Kier molecular flexibility index (Phi) is 6.55. The molecule has 12 heteroatoms. The molecule has 0 fully saturated rings. The molecule has 1 aromatic heterocycles. The van der Waals surface area contributed by atoms with Gasteiger partial charge in [0.2, 0.25) is 5.88 Å². The summed E-state index contributed by atoms with van der Waals surface area (Å²) >= 11 is 5.60. The van der Waals surface area contributed by atoms with Crippen molar-refractivity contribution in [2.75, 3.05) is 24.2 Å². The van der Waals surface area contributed by atoms with E-state index >= 15 is 0 Å². The summed E-state index contributed by atoms with van der Waals surface area (Å²) < 4.78 is 44.8. The van der Waals surface area contributed by atoms with Crippen LogP contribution in [0.25, 0.3) is 0 Å². The summed E-state index contributed by atoms with van der Waals surface area (Å²) in [4.78, 5) is 20.6. The van der Waals surface area contributed by atoms with Gasteiger partial charge in [0, 0.05) is 43.5 Å². The van der Waals surface area contributed by atoms with Crippen LogP contribution in [0.4, 0.5) is 29.3 Å². The van der Waals surface area contributed by atoms with Crippen molar-refractivity contribution >= 4 is 34.7 Å². The summed E-state index contributed by atoms with van der Waals surface area (Å²) in [7, 11) is 1.88. The second-order valence-corrected chi connectivity index (χ2v) is 7.73. The Morgan fingerprint density at radius 3 is 2.56 bits per heavy atom. The molecular formula is C22H18ClF3N6O2. The van der Waals surface area contributed by atoms with Gasteiger partial charge in [-0.1, -0.05) is 17.7 Å². The van der Waals surface area contributed by atoms with E-state index in [0.717, 1.165) is 30.8 Å². The zero-order valence-corrected chi connectivity index (χ0v) is 18.5. The number of carbonyl (C=O) groups excluding carboxylic acids is 1. The molecule has 1 aliphatic heterocycles. The molecule has 34 heavy (non-hydrogen) atoms. The molecular weight excluding hydrogens is 473 g/mol. The summed E-state index contributed by atoms with van der Waals surface area (Å²) in [6.07, 6.45) is -2.50. The van der Waals surface area contributed by atoms with Crippen molar-refractivity contribution in [3.8, 4) is 11.6 Å². The predicted octanol–water partition coefficient (Wildman–Crippen LogP) is 5.62. The van der Waals surface area contributed by atoms with Crippen LogP contribution in [0.1, 0.15) is 17.7 Å². The highest BCUT2D eigenvalue weighted by molar-refractivity contribution is 6.31. The number of anilines is 2. The third kappa shape index (κ3) is 5.73. The topological polar surface area (TPSA) is 91.7 Å². The molecule has 2 heterocycles. The van der Waals surface area contributed by atoms with Crippen LogP contribution in [0, 0.1) is 0 Å². The van der Waals surface area contributed by atoms with Gasteiger partial charge in [-0.3, -0.25) is 5.01 Å². The molecule has 1 aliphatic rings. The molecule has 0 aliphatic carbocycles. The van der Waals surface area contributed by atoms with Crippen molar-refractivity contribution in [2.24, 2.45) is 5.10 Å². The molecule has 8 nitrogen and oxygen atoms in total. The third-order valence-corrected chi connectivity index (χ3v) is 5.07. The standard InChI is InChI=1S/C22H18ClF3N6O2/c1-32-8-7-18(31-32)19-11-20(28-12-27-19)34-15-4-2-3-13(9-15)29-21(33)30-14-5-6-17(23)16(10-14)22(24,25)26/h2-6,9-12H,7-8H2,1H3,(H2,29,30,33). The van der Waals surface area contributed by atoms with Crippen LogP contribution in [0.3, 0.4) is 0 Å². The first-order valence-electron chi connectivity index (χ1n) is 10.0. The van der Waals surface area contributed by atoms with Crippen LogP contribution < -0.4 is 15.4 Å². The van der Waals surface area contributed by atoms with Gasteiger partial charge in [-0.15, -0.1) is 0 Å². The third-order valence-electron chi connectivity index (χ3n) is 4.75. The molecule has 2 aromatic carbocycles. The zero-order valence-electron chi connectivity index (χ0n) is 17.7. The Hall–Kier alpha value is -3.86. The van der Waals surface area contributed by atoms with Crippen LogP contribution in [0.5, 0.6) is 11.6 Å². The lowest BCUT2D eigenvalue weighted by atomic mass is 10.2. The normalized spacial score (nSPS) is 13.4. The van der Waals surface area contributed by atoms with E-state index in [0.29, 0.717) is 23.0 Å². The van der Waals surface area contributed by atoms with E-state index in [1.807, 2.05) is 12.1 Å². The van der Waals surface area contributed by atoms with Gasteiger partial charge >= 0.3 is 12.2 Å². The number of hydrogen-bond donors (Lipinski definition) is 2. The lowest BCUT2D eigenvalue weighted by molar-refractivity contribution is -0.137. The average molecular weight is 491 g/mol. The monoisotopic (exact) mass is 490 g/mol. The van der Waals surface area contributed by atoms with Crippen LogP contribution >= 0.6 is 11.6 Å². The van der Waals surface area contributed by atoms with E-state index in [-0.39, 0.29) is 5.69 Å². The lowest BCUT2D eigenvalue weighted by Crippen LogP contribution is -2.20. The molecule has 0 radical (unpaired) electrons. The first kappa shape index (κ1) is 23.3. The summed E-state index contributed by atoms with van der Waals surface area (Å²) in [5, 5.41) is 10.7. The number of carbonyl (C=O) groups is 1. The van der Waals surface area contributed by atoms with Gasteiger partial charge in [0.05, 0.1) is 22.0 Å². The number of rotatable bonds is 5. The largest absolute Gasteiger partial charge is 0.439 e. The van der Waals surface area contributed by atoms with E-state index < -0.39 is 22.8 Å². The maximum Gasteiger partial charge on any atom is 0.417 e. The summed E-state index contributed by atoms with van der Waals surface area (Å²) in [6, 6.07) is 10.5. The second kappa shape index (κ2) is 9.56. The van der Waals surface area contributed by atoms with Gasteiger partial charge in [-0.05, 0) is 30.3 Å². The number of amides is 2. The molecule has 0 unspecified atom stereocenters. The molecule has 0 spiro atoms. The van der Waals surface area contributed by atoms with Gasteiger partial charge in [0.15, 0.2) is 0 Å². The number of urea groups is 1. The summed E-state index contributed by atoms with van der Waals surface area (Å²) in [6.45, 7) is 0.804. The fourth-order valence-electron chi connectivity index (χ4n) is 3.18. The van der Waals surface area contributed by atoms with E-state index in [1.54, 1.807) is 30.3 Å². The van der Waals surface area contributed by atoms with Gasteiger partial charge in [0.25, 0.3) is 0 Å². The van der Waals surface area contributed by atoms with Crippen molar-refractivity contribution < 1.29 is 22.7 Å². The molecule has 2 amide bonds. The number of halogens is 4. The number of ether oxygens (including phenoxy) is 1. The molecule has 0 saturated heterocycles. The number of alkyl halides is 3. The summed E-state index contributed by atoms with van der Waals surface area (Å²) in [5.41, 5.74) is 0.746.